The van der Waals surface area contributed by atoms with E-state index in [9.17, 15) is 19.2 Å². The van der Waals surface area contributed by atoms with Crippen molar-refractivity contribution in [1.82, 2.24) is 0 Å². The van der Waals surface area contributed by atoms with Crippen molar-refractivity contribution in [2.75, 3.05) is 26.4 Å². The van der Waals surface area contributed by atoms with Gasteiger partial charge in [0.2, 0.25) is 0 Å². The summed E-state index contributed by atoms with van der Waals surface area (Å²) < 4.78 is 32.6. The highest BCUT2D eigenvalue weighted by atomic mass is 16.5. The van der Waals surface area contributed by atoms with Crippen molar-refractivity contribution < 1.29 is 47.6 Å². The Kier molecular flexibility index (Phi) is 17.1. The minimum absolute atomic E-state index is 0.391. The minimum atomic E-state index is -0.478. The van der Waals surface area contributed by atoms with Crippen LogP contribution in [0.3, 0.4) is 0 Å². The van der Waals surface area contributed by atoms with Crippen molar-refractivity contribution in [2.45, 2.75) is 51.4 Å². The van der Waals surface area contributed by atoms with Gasteiger partial charge in [0, 0.05) is 12.2 Å². The lowest BCUT2D eigenvalue weighted by atomic mass is 10.1. The molecule has 0 aliphatic heterocycles. The van der Waals surface area contributed by atoms with Gasteiger partial charge in [0.1, 0.15) is 23.0 Å². The second-order valence-electron chi connectivity index (χ2n) is 12.1. The number of ether oxygens (including phenoxy) is 6. The molecular weight excluding hydrogens is 688 g/mol. The molecule has 0 heterocycles. The Bertz CT molecular complexity index is 1660. The van der Waals surface area contributed by atoms with Crippen LogP contribution in [0.4, 0.5) is 0 Å². The lowest BCUT2D eigenvalue weighted by molar-refractivity contribution is -0.138. The van der Waals surface area contributed by atoms with Gasteiger partial charge in [-0.3, -0.25) is 0 Å². The van der Waals surface area contributed by atoms with E-state index in [1.54, 1.807) is 72.8 Å². The third-order valence-corrected chi connectivity index (χ3v) is 8.08. The van der Waals surface area contributed by atoms with Gasteiger partial charge >= 0.3 is 23.9 Å². The van der Waals surface area contributed by atoms with Gasteiger partial charge in [-0.15, -0.1) is 0 Å². The summed E-state index contributed by atoms with van der Waals surface area (Å²) in [4.78, 5) is 47.5. The lowest BCUT2D eigenvalue weighted by Gasteiger charge is -2.09. The molecule has 54 heavy (non-hydrogen) atoms. The zero-order chi connectivity index (χ0) is 38.4. The minimum Gasteiger partial charge on any atom is -0.494 e. The molecule has 0 fully saturated rings. The quantitative estimate of drug-likeness (QED) is 0.0315. The number of hydrogen-bond acceptors (Lipinski definition) is 10. The van der Waals surface area contributed by atoms with E-state index in [1.165, 1.54) is 0 Å². The normalized spacial score (nSPS) is 10.4. The zero-order valence-corrected chi connectivity index (χ0v) is 30.4. The summed E-state index contributed by atoms with van der Waals surface area (Å²) in [5.41, 5.74) is 2.60. The first-order chi connectivity index (χ1) is 26.3. The Morgan fingerprint density at radius 3 is 1.06 bits per heavy atom. The Balaban J connectivity index is 1.13. The summed E-state index contributed by atoms with van der Waals surface area (Å²) in [6.07, 6.45) is 9.40. The molecular formula is C44H46O10. The van der Waals surface area contributed by atoms with Crippen LogP contribution in [0.15, 0.2) is 122 Å². The monoisotopic (exact) mass is 734 g/mol. The Labute approximate surface area is 316 Å². The molecule has 0 aromatic heterocycles. The second-order valence-corrected chi connectivity index (χ2v) is 12.1. The SMILES string of the molecule is C=CC(=O)OCCCCCCOc1ccc(C(=O)Oc2ccc(-c3ccc(OC(=O)c4ccc(OCCCCCCOC(=O)C=C)cc4)cc3)cc2)cc1. The molecule has 10 heteroatoms. The van der Waals surface area contributed by atoms with Crippen molar-refractivity contribution in [3.05, 3.63) is 133 Å². The van der Waals surface area contributed by atoms with Gasteiger partial charge in [-0.1, -0.05) is 37.4 Å². The third kappa shape index (κ3) is 14.5. The van der Waals surface area contributed by atoms with Crippen LogP contribution in [-0.2, 0) is 19.1 Å². The number of rotatable bonds is 23. The van der Waals surface area contributed by atoms with E-state index in [2.05, 4.69) is 13.2 Å². The molecule has 0 aliphatic carbocycles. The van der Waals surface area contributed by atoms with Crippen molar-refractivity contribution in [3.63, 3.8) is 0 Å². The maximum atomic E-state index is 12.7. The molecule has 4 rings (SSSR count). The van der Waals surface area contributed by atoms with Gasteiger partial charge in [0.15, 0.2) is 0 Å². The van der Waals surface area contributed by atoms with Crippen molar-refractivity contribution in [2.24, 2.45) is 0 Å². The molecule has 0 atom stereocenters. The van der Waals surface area contributed by atoms with Crippen molar-refractivity contribution in [1.29, 1.82) is 0 Å². The van der Waals surface area contributed by atoms with Crippen LogP contribution < -0.4 is 18.9 Å². The van der Waals surface area contributed by atoms with E-state index < -0.39 is 23.9 Å². The molecule has 4 aromatic rings. The molecule has 0 bridgehead atoms. The maximum absolute atomic E-state index is 12.7. The molecule has 0 saturated heterocycles. The van der Waals surface area contributed by atoms with E-state index in [4.69, 9.17) is 28.4 Å². The van der Waals surface area contributed by atoms with Crippen LogP contribution in [0.2, 0.25) is 0 Å². The lowest BCUT2D eigenvalue weighted by Crippen LogP contribution is -2.08. The molecule has 0 aliphatic rings. The van der Waals surface area contributed by atoms with Crippen LogP contribution in [0.5, 0.6) is 23.0 Å². The Morgan fingerprint density at radius 2 is 0.722 bits per heavy atom. The van der Waals surface area contributed by atoms with E-state index in [-0.39, 0.29) is 0 Å². The average molecular weight is 735 g/mol. The second kappa shape index (κ2) is 22.7. The van der Waals surface area contributed by atoms with Crippen molar-refractivity contribution >= 4 is 23.9 Å². The summed E-state index contributed by atoms with van der Waals surface area (Å²) in [5.74, 6) is 0.388. The number of unbranched alkanes of at least 4 members (excludes halogenated alkanes) is 6. The van der Waals surface area contributed by atoms with E-state index >= 15 is 0 Å². The van der Waals surface area contributed by atoms with Gasteiger partial charge < -0.3 is 28.4 Å². The number of benzene rings is 4. The van der Waals surface area contributed by atoms with Crippen LogP contribution >= 0.6 is 0 Å². The van der Waals surface area contributed by atoms with Gasteiger partial charge in [-0.05, 0) is 135 Å². The number of esters is 4. The van der Waals surface area contributed by atoms with Crippen molar-refractivity contribution in [3.8, 4) is 34.1 Å². The molecule has 0 unspecified atom stereocenters. The van der Waals surface area contributed by atoms with E-state index in [0.717, 1.165) is 74.6 Å². The van der Waals surface area contributed by atoms with E-state index in [1.807, 2.05) is 24.3 Å². The number of carbonyl (C=O) groups is 4. The van der Waals surface area contributed by atoms with Gasteiger partial charge in [0.25, 0.3) is 0 Å². The topological polar surface area (TPSA) is 124 Å². The van der Waals surface area contributed by atoms with Crippen LogP contribution in [0, 0.1) is 0 Å². The van der Waals surface area contributed by atoms with E-state index in [0.29, 0.717) is 60.6 Å². The summed E-state index contributed by atoms with van der Waals surface area (Å²) in [6, 6.07) is 27.9. The first-order valence-corrected chi connectivity index (χ1v) is 18.0. The molecule has 10 nitrogen and oxygen atoms in total. The molecule has 4 aromatic carbocycles. The molecule has 0 radical (unpaired) electrons. The molecule has 0 spiro atoms. The fraction of sp³-hybridized carbons (Fsp3) is 0.273. The molecule has 282 valence electrons. The molecule has 0 amide bonds. The highest BCUT2D eigenvalue weighted by Crippen LogP contribution is 2.26. The fourth-order valence-electron chi connectivity index (χ4n) is 5.10. The summed E-state index contributed by atoms with van der Waals surface area (Å²) >= 11 is 0. The maximum Gasteiger partial charge on any atom is 0.343 e. The summed E-state index contributed by atoms with van der Waals surface area (Å²) in [6.45, 7) is 8.61. The largest absolute Gasteiger partial charge is 0.494 e. The fourth-order valence-corrected chi connectivity index (χ4v) is 5.10. The predicted molar refractivity (Wildman–Crippen MR) is 205 cm³/mol. The van der Waals surface area contributed by atoms with Crippen LogP contribution in [-0.4, -0.2) is 50.3 Å². The zero-order valence-electron chi connectivity index (χ0n) is 30.4. The number of carbonyl (C=O) groups excluding carboxylic acids is 4. The first kappa shape index (κ1) is 40.6. The first-order valence-electron chi connectivity index (χ1n) is 18.0. The average Bonchev–Trinajstić information content (AvgIpc) is 3.20. The highest BCUT2D eigenvalue weighted by Gasteiger charge is 2.12. The summed E-state index contributed by atoms with van der Waals surface area (Å²) in [5, 5.41) is 0. The number of hydrogen-bond donors (Lipinski definition) is 0. The summed E-state index contributed by atoms with van der Waals surface area (Å²) in [7, 11) is 0. The Hall–Kier alpha value is -6.16. The third-order valence-electron chi connectivity index (χ3n) is 8.08. The van der Waals surface area contributed by atoms with Crippen LogP contribution in [0.1, 0.15) is 72.1 Å². The van der Waals surface area contributed by atoms with Gasteiger partial charge in [-0.2, -0.15) is 0 Å². The van der Waals surface area contributed by atoms with Gasteiger partial charge in [-0.25, -0.2) is 19.2 Å². The highest BCUT2D eigenvalue weighted by molar-refractivity contribution is 5.92. The molecule has 0 saturated carbocycles. The van der Waals surface area contributed by atoms with Gasteiger partial charge in [0.05, 0.1) is 37.6 Å². The van der Waals surface area contributed by atoms with Crippen LogP contribution in [0.25, 0.3) is 11.1 Å². The Morgan fingerprint density at radius 1 is 0.407 bits per heavy atom. The standard InChI is InChI=1S/C44H46O10/c1-3-41(45)51-31-11-7-5-9-29-49-37-21-17-35(18-22-37)43(47)53-39-25-13-33(14-26-39)34-15-27-40(28-16-34)54-44(48)36-19-23-38(24-20-36)50-30-10-6-8-12-32-52-42(46)4-2/h3-4,13-28H,1-2,5-12,29-32H2. The smallest absolute Gasteiger partial charge is 0.343 e. The predicted octanol–water partition coefficient (Wildman–Crippen LogP) is 9.13. The molecule has 0 N–H and O–H groups in total.